The molecule has 0 saturated heterocycles. The molecule has 1 amide bonds. The van der Waals surface area contributed by atoms with Crippen molar-refractivity contribution >= 4 is 12.0 Å². The van der Waals surface area contributed by atoms with Crippen molar-refractivity contribution in [3.05, 3.63) is 77.5 Å². The molecule has 6 nitrogen and oxygen atoms in total. The largest absolute Gasteiger partial charge is 0.467 e. The molecule has 2 aromatic heterocycles. The van der Waals surface area contributed by atoms with Crippen LogP contribution < -0.4 is 5.32 Å². The Labute approximate surface area is 199 Å². The Morgan fingerprint density at radius 2 is 1.82 bits per heavy atom. The van der Waals surface area contributed by atoms with Gasteiger partial charge in [0.05, 0.1) is 24.2 Å². The quantitative estimate of drug-likeness (QED) is 0.414. The summed E-state index contributed by atoms with van der Waals surface area (Å²) < 4.78 is 7.21. The summed E-state index contributed by atoms with van der Waals surface area (Å²) in [6.07, 6.45) is 12.8. The van der Waals surface area contributed by atoms with Gasteiger partial charge in [-0.1, -0.05) is 18.2 Å². The van der Waals surface area contributed by atoms with E-state index in [9.17, 15) is 10.1 Å². The summed E-state index contributed by atoms with van der Waals surface area (Å²) >= 11 is 0. The summed E-state index contributed by atoms with van der Waals surface area (Å²) in [7, 11) is 0. The van der Waals surface area contributed by atoms with Crippen LogP contribution >= 0.6 is 0 Å². The molecule has 0 aliphatic heterocycles. The molecular formula is C28H28N4O2. The fourth-order valence-corrected chi connectivity index (χ4v) is 7.00. The predicted molar refractivity (Wildman–Crippen MR) is 128 cm³/mol. The van der Waals surface area contributed by atoms with Gasteiger partial charge in [0, 0.05) is 17.2 Å². The van der Waals surface area contributed by atoms with Gasteiger partial charge >= 0.3 is 0 Å². The minimum absolute atomic E-state index is 0.0474. The van der Waals surface area contributed by atoms with E-state index in [1.807, 2.05) is 41.2 Å². The zero-order chi connectivity index (χ0) is 23.1. The zero-order valence-electron chi connectivity index (χ0n) is 19.1. The molecular weight excluding hydrogens is 424 g/mol. The fraction of sp³-hybridized carbons (Fsp3) is 0.393. The van der Waals surface area contributed by atoms with Crippen molar-refractivity contribution in [1.82, 2.24) is 15.1 Å². The Bertz CT molecular complexity index is 1230. The molecule has 172 valence electrons. The number of nitriles is 1. The first-order valence-corrected chi connectivity index (χ1v) is 12.2. The molecule has 3 aromatic rings. The van der Waals surface area contributed by atoms with Crippen molar-refractivity contribution in [2.24, 2.45) is 17.8 Å². The molecule has 4 fully saturated rings. The molecule has 34 heavy (non-hydrogen) atoms. The van der Waals surface area contributed by atoms with Crippen LogP contribution in [0.15, 0.2) is 64.9 Å². The maximum atomic E-state index is 12.8. The highest BCUT2D eigenvalue weighted by molar-refractivity contribution is 6.01. The monoisotopic (exact) mass is 452 g/mol. The van der Waals surface area contributed by atoms with Gasteiger partial charge in [-0.2, -0.15) is 10.4 Å². The number of carbonyl (C=O) groups excluding carboxylic acids is 1. The van der Waals surface area contributed by atoms with Crippen molar-refractivity contribution in [3.8, 4) is 11.8 Å². The van der Waals surface area contributed by atoms with Crippen molar-refractivity contribution in [3.63, 3.8) is 0 Å². The van der Waals surface area contributed by atoms with Crippen LogP contribution in [0.5, 0.6) is 0 Å². The topological polar surface area (TPSA) is 83.8 Å². The first-order chi connectivity index (χ1) is 16.6. The standard InChI is InChI=1S/C28H28N4O2/c29-16-22(27(33)30-17-25-7-4-8-34-25)12-23-18-32(24-5-2-1-3-6-24)31-26(23)28-13-19-9-20(14-28)11-21(10-19)15-28/h1-8,12,18-21H,9-11,13-15,17H2,(H,30,33)/b22-12-. The third-order valence-corrected chi connectivity index (χ3v) is 7.97. The van der Waals surface area contributed by atoms with Crippen LogP contribution in [-0.2, 0) is 16.8 Å². The molecule has 4 aliphatic carbocycles. The first-order valence-electron chi connectivity index (χ1n) is 12.2. The summed E-state index contributed by atoms with van der Waals surface area (Å²) in [6.45, 7) is 0.246. The lowest BCUT2D eigenvalue weighted by molar-refractivity contribution is -0.117. The SMILES string of the molecule is N#C/C(=C/c1cn(-c2ccccc2)nc1C12CC3CC(CC(C3)C1)C2)C(=O)NCc1ccco1. The van der Waals surface area contributed by atoms with Crippen LogP contribution in [0, 0.1) is 29.1 Å². The minimum Gasteiger partial charge on any atom is -0.467 e. The molecule has 4 bridgehead atoms. The van der Waals surface area contributed by atoms with Gasteiger partial charge in [0.15, 0.2) is 0 Å². The first kappa shape index (κ1) is 21.0. The van der Waals surface area contributed by atoms with E-state index in [0.717, 1.165) is 34.7 Å². The van der Waals surface area contributed by atoms with Crippen LogP contribution in [-0.4, -0.2) is 15.7 Å². The average Bonchev–Trinajstić information content (AvgIpc) is 3.51. The van der Waals surface area contributed by atoms with E-state index in [1.165, 1.54) is 38.5 Å². The highest BCUT2D eigenvalue weighted by Crippen LogP contribution is 2.61. The maximum Gasteiger partial charge on any atom is 0.262 e. The number of furan rings is 1. The van der Waals surface area contributed by atoms with E-state index < -0.39 is 5.91 Å². The highest BCUT2D eigenvalue weighted by atomic mass is 16.3. The van der Waals surface area contributed by atoms with E-state index in [2.05, 4.69) is 11.4 Å². The smallest absolute Gasteiger partial charge is 0.262 e. The van der Waals surface area contributed by atoms with Crippen molar-refractivity contribution in [2.75, 3.05) is 0 Å². The highest BCUT2D eigenvalue weighted by Gasteiger charge is 2.53. The second-order valence-corrected chi connectivity index (χ2v) is 10.3. The summed E-state index contributed by atoms with van der Waals surface area (Å²) in [5, 5.41) is 17.8. The number of benzene rings is 1. The Morgan fingerprint density at radius 3 is 2.44 bits per heavy atom. The van der Waals surface area contributed by atoms with Crippen LogP contribution in [0.4, 0.5) is 0 Å². The number of rotatable bonds is 6. The molecule has 1 N–H and O–H groups in total. The molecule has 0 atom stereocenters. The van der Waals surface area contributed by atoms with Gasteiger partial charge in [0.2, 0.25) is 0 Å². The number of nitrogens with one attached hydrogen (secondary N) is 1. The number of aromatic nitrogens is 2. The summed E-state index contributed by atoms with van der Waals surface area (Å²) in [4.78, 5) is 12.8. The lowest BCUT2D eigenvalue weighted by Gasteiger charge is -2.56. The number of para-hydroxylation sites is 1. The van der Waals surface area contributed by atoms with E-state index in [4.69, 9.17) is 9.52 Å². The number of carbonyl (C=O) groups is 1. The number of hydrogen-bond donors (Lipinski definition) is 1. The average molecular weight is 453 g/mol. The van der Waals surface area contributed by atoms with E-state index in [-0.39, 0.29) is 17.5 Å². The van der Waals surface area contributed by atoms with E-state index in [0.29, 0.717) is 5.76 Å². The third kappa shape index (κ3) is 3.75. The van der Waals surface area contributed by atoms with Gasteiger partial charge in [-0.15, -0.1) is 0 Å². The Balaban J connectivity index is 1.38. The molecule has 0 unspecified atom stereocenters. The van der Waals surface area contributed by atoms with Crippen LogP contribution in [0.25, 0.3) is 11.8 Å². The maximum absolute atomic E-state index is 12.8. The predicted octanol–water partition coefficient (Wildman–Crippen LogP) is 5.16. The van der Waals surface area contributed by atoms with E-state index in [1.54, 1.807) is 24.5 Å². The van der Waals surface area contributed by atoms with Crippen LogP contribution in [0.3, 0.4) is 0 Å². The number of nitrogens with zero attached hydrogens (tertiary/aromatic N) is 3. The van der Waals surface area contributed by atoms with Crippen molar-refractivity contribution in [1.29, 1.82) is 5.26 Å². The Morgan fingerprint density at radius 1 is 1.12 bits per heavy atom. The summed E-state index contributed by atoms with van der Waals surface area (Å²) in [5.41, 5.74) is 3.06. The fourth-order valence-electron chi connectivity index (χ4n) is 7.00. The molecule has 4 aliphatic rings. The Hall–Kier alpha value is -3.59. The molecule has 2 heterocycles. The van der Waals surface area contributed by atoms with Crippen molar-refractivity contribution in [2.45, 2.75) is 50.5 Å². The van der Waals surface area contributed by atoms with Gasteiger partial charge in [0.25, 0.3) is 5.91 Å². The lowest BCUT2D eigenvalue weighted by Crippen LogP contribution is -2.49. The second kappa shape index (κ2) is 8.32. The summed E-state index contributed by atoms with van der Waals surface area (Å²) in [5.74, 6) is 2.57. The number of amides is 1. The molecule has 0 spiro atoms. The van der Waals surface area contributed by atoms with Crippen molar-refractivity contribution < 1.29 is 9.21 Å². The molecule has 1 aromatic carbocycles. The van der Waals surface area contributed by atoms with Crippen LogP contribution in [0.1, 0.15) is 55.5 Å². The third-order valence-electron chi connectivity index (χ3n) is 7.97. The molecule has 7 rings (SSSR count). The zero-order valence-corrected chi connectivity index (χ0v) is 19.1. The molecule has 0 radical (unpaired) electrons. The normalized spacial score (nSPS) is 27.5. The lowest BCUT2D eigenvalue weighted by atomic mass is 9.48. The molecule has 4 saturated carbocycles. The minimum atomic E-state index is -0.400. The van der Waals surface area contributed by atoms with Gasteiger partial charge in [-0.25, -0.2) is 4.68 Å². The van der Waals surface area contributed by atoms with Crippen LogP contribution in [0.2, 0.25) is 0 Å². The van der Waals surface area contributed by atoms with Gasteiger partial charge in [-0.05, 0) is 86.6 Å². The second-order valence-electron chi connectivity index (χ2n) is 10.3. The number of hydrogen-bond acceptors (Lipinski definition) is 4. The summed E-state index contributed by atoms with van der Waals surface area (Å²) in [6, 6.07) is 15.7. The molecule has 6 heteroatoms. The Kier molecular flexibility index (Phi) is 5.13. The van der Waals surface area contributed by atoms with Gasteiger partial charge < -0.3 is 9.73 Å². The van der Waals surface area contributed by atoms with E-state index >= 15 is 0 Å². The van der Waals surface area contributed by atoms with Gasteiger partial charge in [-0.3, -0.25) is 4.79 Å². The van der Waals surface area contributed by atoms with Gasteiger partial charge in [0.1, 0.15) is 17.4 Å².